The zero-order chi connectivity index (χ0) is 16.5. The first-order valence-electron chi connectivity index (χ1n) is 8.32. The lowest BCUT2D eigenvalue weighted by Crippen LogP contribution is -2.38. The van der Waals surface area contributed by atoms with Crippen LogP contribution in [0.2, 0.25) is 0 Å². The summed E-state index contributed by atoms with van der Waals surface area (Å²) < 4.78 is 0. The Morgan fingerprint density at radius 3 is 2.48 bits per heavy atom. The van der Waals surface area contributed by atoms with Crippen LogP contribution >= 0.6 is 11.3 Å². The van der Waals surface area contributed by atoms with Crippen LogP contribution in [-0.4, -0.2) is 30.4 Å². The number of carbonyl (C=O) groups is 1. The largest absolute Gasteiger partial charge is 0.354 e. The van der Waals surface area contributed by atoms with E-state index in [9.17, 15) is 4.79 Å². The van der Waals surface area contributed by atoms with Crippen molar-refractivity contribution in [1.29, 1.82) is 0 Å². The minimum absolute atomic E-state index is 0.131. The molecule has 0 aliphatic heterocycles. The first-order valence-corrected chi connectivity index (χ1v) is 9.20. The Morgan fingerprint density at radius 1 is 1.13 bits per heavy atom. The topological polar surface area (TPSA) is 32.3 Å². The number of likely N-dealkylation sites (N-methyl/N-ethyl adjacent to an activating group) is 1. The van der Waals surface area contributed by atoms with E-state index in [0.717, 1.165) is 19.5 Å². The average Bonchev–Trinajstić information content (AvgIpc) is 3.11. The lowest BCUT2D eigenvalue weighted by atomic mass is 10.0. The molecule has 124 valence electrons. The summed E-state index contributed by atoms with van der Waals surface area (Å²) in [5.41, 5.74) is 1.26. The van der Waals surface area contributed by atoms with Gasteiger partial charge in [0.05, 0.1) is 6.04 Å². The van der Waals surface area contributed by atoms with E-state index in [1.807, 2.05) is 12.1 Å². The van der Waals surface area contributed by atoms with Gasteiger partial charge in [0, 0.05) is 17.8 Å². The van der Waals surface area contributed by atoms with E-state index >= 15 is 0 Å². The second-order valence-electron chi connectivity index (χ2n) is 5.53. The van der Waals surface area contributed by atoms with E-state index in [2.05, 4.69) is 59.8 Å². The Labute approximate surface area is 143 Å². The van der Waals surface area contributed by atoms with Crippen molar-refractivity contribution >= 4 is 17.2 Å². The van der Waals surface area contributed by atoms with E-state index in [1.165, 1.54) is 10.4 Å². The van der Waals surface area contributed by atoms with Gasteiger partial charge in [-0.25, -0.2) is 0 Å². The van der Waals surface area contributed by atoms with Gasteiger partial charge < -0.3 is 5.32 Å². The maximum Gasteiger partial charge on any atom is 0.220 e. The minimum atomic E-state index is 0.131. The molecule has 1 aromatic heterocycles. The Morgan fingerprint density at radius 2 is 1.87 bits per heavy atom. The van der Waals surface area contributed by atoms with Crippen LogP contribution in [0.5, 0.6) is 0 Å². The van der Waals surface area contributed by atoms with Gasteiger partial charge in [0.25, 0.3) is 0 Å². The van der Waals surface area contributed by atoms with Crippen molar-refractivity contribution in [3.8, 4) is 0 Å². The first-order chi connectivity index (χ1) is 11.2. The molecule has 4 heteroatoms. The van der Waals surface area contributed by atoms with Crippen LogP contribution < -0.4 is 5.32 Å². The fraction of sp³-hybridized carbons (Fsp3) is 0.421. The van der Waals surface area contributed by atoms with Crippen molar-refractivity contribution in [3.63, 3.8) is 0 Å². The van der Waals surface area contributed by atoms with E-state index in [0.29, 0.717) is 13.0 Å². The molecule has 1 heterocycles. The predicted molar refractivity (Wildman–Crippen MR) is 97.8 cm³/mol. The fourth-order valence-corrected chi connectivity index (χ4v) is 3.50. The molecule has 1 aromatic carbocycles. The summed E-state index contributed by atoms with van der Waals surface area (Å²) in [6, 6.07) is 14.8. The lowest BCUT2D eigenvalue weighted by Gasteiger charge is -2.30. The van der Waals surface area contributed by atoms with Gasteiger partial charge in [-0.05, 0) is 36.5 Å². The van der Waals surface area contributed by atoms with Gasteiger partial charge in [-0.15, -0.1) is 11.3 Å². The molecule has 2 aromatic rings. The Bertz CT molecular complexity index is 564. The number of amides is 1. The summed E-state index contributed by atoms with van der Waals surface area (Å²) >= 11 is 1.71. The molecule has 0 saturated carbocycles. The van der Waals surface area contributed by atoms with E-state index in [1.54, 1.807) is 11.3 Å². The highest BCUT2D eigenvalue weighted by atomic mass is 32.1. The van der Waals surface area contributed by atoms with Crippen LogP contribution in [0.25, 0.3) is 0 Å². The molecule has 0 fully saturated rings. The number of hydrogen-bond donors (Lipinski definition) is 1. The molecule has 0 radical (unpaired) electrons. The van der Waals surface area contributed by atoms with Crippen LogP contribution in [0.15, 0.2) is 47.8 Å². The van der Waals surface area contributed by atoms with E-state index in [4.69, 9.17) is 0 Å². The van der Waals surface area contributed by atoms with Crippen molar-refractivity contribution in [3.05, 3.63) is 58.3 Å². The Balaban J connectivity index is 1.91. The molecule has 2 rings (SSSR count). The van der Waals surface area contributed by atoms with Crippen LogP contribution in [-0.2, 0) is 11.2 Å². The third kappa shape index (κ3) is 5.48. The van der Waals surface area contributed by atoms with Crippen LogP contribution in [0.3, 0.4) is 0 Å². The number of carbonyl (C=O) groups excluding carboxylic acids is 1. The third-order valence-electron chi connectivity index (χ3n) is 4.11. The summed E-state index contributed by atoms with van der Waals surface area (Å²) in [4.78, 5) is 15.8. The molecule has 1 unspecified atom stereocenters. The van der Waals surface area contributed by atoms with Crippen molar-refractivity contribution in [1.82, 2.24) is 10.2 Å². The number of thiophene rings is 1. The molecular formula is C19H26N2OS. The van der Waals surface area contributed by atoms with Crippen LogP contribution in [0.1, 0.15) is 36.8 Å². The molecule has 23 heavy (non-hydrogen) atoms. The number of benzene rings is 1. The summed E-state index contributed by atoms with van der Waals surface area (Å²) in [5.74, 6) is 0.131. The number of nitrogens with one attached hydrogen (secondary N) is 1. The second-order valence-corrected chi connectivity index (χ2v) is 6.56. The predicted octanol–water partition coefficient (Wildman–Crippen LogP) is 3.88. The van der Waals surface area contributed by atoms with Crippen LogP contribution in [0.4, 0.5) is 0 Å². The molecule has 0 saturated heterocycles. The van der Waals surface area contributed by atoms with Gasteiger partial charge in [-0.2, -0.15) is 0 Å². The molecule has 3 nitrogen and oxygen atoms in total. The number of rotatable bonds is 9. The summed E-state index contributed by atoms with van der Waals surface area (Å²) in [7, 11) is 0. The zero-order valence-corrected chi connectivity index (χ0v) is 14.8. The highest BCUT2D eigenvalue weighted by Gasteiger charge is 2.18. The molecule has 0 bridgehead atoms. The van der Waals surface area contributed by atoms with Crippen molar-refractivity contribution in [2.75, 3.05) is 19.6 Å². The summed E-state index contributed by atoms with van der Waals surface area (Å²) in [5, 5.41) is 5.17. The molecule has 0 aliphatic carbocycles. The molecule has 0 aliphatic rings. The normalized spacial score (nSPS) is 12.3. The third-order valence-corrected chi connectivity index (χ3v) is 5.04. The van der Waals surface area contributed by atoms with Gasteiger partial charge in [-0.1, -0.05) is 50.2 Å². The van der Waals surface area contributed by atoms with Crippen molar-refractivity contribution in [2.45, 2.75) is 32.7 Å². The summed E-state index contributed by atoms with van der Waals surface area (Å²) in [6.07, 6.45) is 1.38. The molecular weight excluding hydrogens is 304 g/mol. The van der Waals surface area contributed by atoms with Crippen molar-refractivity contribution < 1.29 is 4.79 Å². The standard InChI is InChI=1S/C19H26N2OS/c1-3-21(4-2)18(16-9-6-5-7-10-16)15-20-19(22)13-12-17-11-8-14-23-17/h5-11,14,18H,3-4,12-13,15H2,1-2H3,(H,20,22). The Hall–Kier alpha value is -1.65. The minimum Gasteiger partial charge on any atom is -0.354 e. The van der Waals surface area contributed by atoms with Crippen LogP contribution in [0, 0.1) is 0 Å². The Kier molecular flexibility index (Phi) is 7.30. The van der Waals surface area contributed by atoms with Crippen molar-refractivity contribution in [2.24, 2.45) is 0 Å². The SMILES string of the molecule is CCN(CC)C(CNC(=O)CCc1cccs1)c1ccccc1. The smallest absolute Gasteiger partial charge is 0.220 e. The molecule has 1 amide bonds. The van der Waals surface area contributed by atoms with Gasteiger partial charge in [0.1, 0.15) is 0 Å². The second kappa shape index (κ2) is 9.48. The highest BCUT2D eigenvalue weighted by Crippen LogP contribution is 2.19. The van der Waals surface area contributed by atoms with Gasteiger partial charge in [0.15, 0.2) is 0 Å². The van der Waals surface area contributed by atoms with Gasteiger partial charge >= 0.3 is 0 Å². The number of hydrogen-bond acceptors (Lipinski definition) is 3. The lowest BCUT2D eigenvalue weighted by molar-refractivity contribution is -0.121. The zero-order valence-electron chi connectivity index (χ0n) is 14.0. The maximum atomic E-state index is 12.1. The molecule has 1 atom stereocenters. The van der Waals surface area contributed by atoms with Gasteiger partial charge in [-0.3, -0.25) is 9.69 Å². The van der Waals surface area contributed by atoms with Gasteiger partial charge in [0.2, 0.25) is 5.91 Å². The number of aryl methyl sites for hydroxylation is 1. The van der Waals surface area contributed by atoms with E-state index in [-0.39, 0.29) is 11.9 Å². The summed E-state index contributed by atoms with van der Waals surface area (Å²) in [6.45, 7) is 6.94. The number of nitrogens with zero attached hydrogens (tertiary/aromatic N) is 1. The fourth-order valence-electron chi connectivity index (χ4n) is 2.79. The monoisotopic (exact) mass is 330 g/mol. The van der Waals surface area contributed by atoms with E-state index < -0.39 is 0 Å². The maximum absolute atomic E-state index is 12.1. The quantitative estimate of drug-likeness (QED) is 0.757. The first kappa shape index (κ1) is 17.7. The molecule has 1 N–H and O–H groups in total. The average molecular weight is 330 g/mol. The molecule has 0 spiro atoms. The highest BCUT2D eigenvalue weighted by molar-refractivity contribution is 7.09.